The highest BCUT2D eigenvalue weighted by Crippen LogP contribution is 2.22. The van der Waals surface area contributed by atoms with Gasteiger partial charge in [0, 0.05) is 11.3 Å². The van der Waals surface area contributed by atoms with Crippen LogP contribution in [-0.4, -0.2) is 13.0 Å². The molecule has 0 saturated carbocycles. The molecule has 0 bridgehead atoms. The Morgan fingerprint density at radius 3 is 2.50 bits per heavy atom. The second-order valence-corrected chi connectivity index (χ2v) is 4.79. The molecule has 0 radical (unpaired) electrons. The van der Waals surface area contributed by atoms with Gasteiger partial charge in [-0.25, -0.2) is 8.78 Å². The number of amides is 1. The fourth-order valence-electron chi connectivity index (χ4n) is 1.58. The number of halogens is 3. The zero-order chi connectivity index (χ0) is 14.7. The highest BCUT2D eigenvalue weighted by Gasteiger charge is 2.11. The quantitative estimate of drug-likeness (QED) is 0.916. The monoisotopic (exact) mass is 341 g/mol. The molecule has 0 fully saturated rings. The third kappa shape index (κ3) is 3.14. The molecule has 2 rings (SSSR count). The maximum atomic E-state index is 13.5. The van der Waals surface area contributed by atoms with Gasteiger partial charge in [-0.05, 0) is 52.3 Å². The van der Waals surface area contributed by atoms with Crippen molar-refractivity contribution >= 4 is 27.5 Å². The van der Waals surface area contributed by atoms with E-state index in [1.165, 1.54) is 37.4 Å². The van der Waals surface area contributed by atoms with Crippen LogP contribution in [0, 0.1) is 11.6 Å². The number of nitrogens with one attached hydrogen (secondary N) is 1. The Bertz CT molecular complexity index is 662. The van der Waals surface area contributed by atoms with Crippen LogP contribution in [0.4, 0.5) is 14.5 Å². The standard InChI is InChI=1S/C14H10BrF2NO2/c1-20-13-5-2-8(6-12(13)17)14(19)18-9-3-4-11(16)10(15)7-9/h2-7H,1H3,(H,18,19). The number of hydrogen-bond donors (Lipinski definition) is 1. The first-order chi connectivity index (χ1) is 9.51. The Morgan fingerprint density at radius 2 is 1.90 bits per heavy atom. The lowest BCUT2D eigenvalue weighted by atomic mass is 10.2. The highest BCUT2D eigenvalue weighted by atomic mass is 79.9. The predicted molar refractivity (Wildman–Crippen MR) is 75.0 cm³/mol. The molecule has 0 saturated heterocycles. The number of carbonyl (C=O) groups excluding carboxylic acids is 1. The van der Waals surface area contributed by atoms with Crippen LogP contribution >= 0.6 is 15.9 Å². The van der Waals surface area contributed by atoms with Crippen molar-refractivity contribution in [3.05, 3.63) is 58.1 Å². The van der Waals surface area contributed by atoms with Gasteiger partial charge in [0.15, 0.2) is 11.6 Å². The minimum absolute atomic E-state index is 0.0612. The number of ether oxygens (including phenoxy) is 1. The smallest absolute Gasteiger partial charge is 0.255 e. The first-order valence-electron chi connectivity index (χ1n) is 5.61. The van der Waals surface area contributed by atoms with Crippen molar-refractivity contribution in [3.63, 3.8) is 0 Å². The Labute approximate surface area is 122 Å². The largest absolute Gasteiger partial charge is 0.494 e. The third-order valence-electron chi connectivity index (χ3n) is 2.59. The summed E-state index contributed by atoms with van der Waals surface area (Å²) in [5.41, 5.74) is 0.545. The average molecular weight is 342 g/mol. The molecule has 0 aliphatic heterocycles. The Morgan fingerprint density at radius 1 is 1.15 bits per heavy atom. The Hall–Kier alpha value is -1.95. The van der Waals surface area contributed by atoms with Crippen molar-refractivity contribution in [3.8, 4) is 5.75 Å². The van der Waals surface area contributed by atoms with Crippen LogP contribution in [-0.2, 0) is 0 Å². The molecule has 0 heterocycles. The molecular formula is C14H10BrF2NO2. The van der Waals surface area contributed by atoms with Crippen molar-refractivity contribution in [1.29, 1.82) is 0 Å². The van der Waals surface area contributed by atoms with Gasteiger partial charge in [-0.1, -0.05) is 0 Å². The van der Waals surface area contributed by atoms with Gasteiger partial charge in [-0.15, -0.1) is 0 Å². The van der Waals surface area contributed by atoms with E-state index in [1.807, 2.05) is 0 Å². The summed E-state index contributed by atoms with van der Waals surface area (Å²) in [5.74, 6) is -1.49. The van der Waals surface area contributed by atoms with E-state index in [4.69, 9.17) is 4.74 Å². The van der Waals surface area contributed by atoms with Gasteiger partial charge in [0.1, 0.15) is 5.82 Å². The van der Waals surface area contributed by atoms with E-state index in [1.54, 1.807) is 0 Å². The van der Waals surface area contributed by atoms with Gasteiger partial charge < -0.3 is 10.1 Å². The fraction of sp³-hybridized carbons (Fsp3) is 0.0714. The number of carbonyl (C=O) groups is 1. The van der Waals surface area contributed by atoms with E-state index in [0.29, 0.717) is 5.69 Å². The summed E-state index contributed by atoms with van der Waals surface area (Å²) >= 11 is 3.02. The van der Waals surface area contributed by atoms with E-state index in [9.17, 15) is 13.6 Å². The number of methoxy groups -OCH3 is 1. The molecule has 0 atom stereocenters. The minimum Gasteiger partial charge on any atom is -0.494 e. The summed E-state index contributed by atoms with van der Waals surface area (Å²) in [6, 6.07) is 7.94. The van der Waals surface area contributed by atoms with Crippen molar-refractivity contribution in [2.45, 2.75) is 0 Å². The third-order valence-corrected chi connectivity index (χ3v) is 3.20. The SMILES string of the molecule is COc1ccc(C(=O)Nc2ccc(F)c(Br)c2)cc1F. The molecule has 2 aromatic rings. The van der Waals surface area contributed by atoms with E-state index in [-0.39, 0.29) is 15.8 Å². The molecule has 1 amide bonds. The van der Waals surface area contributed by atoms with Crippen LogP contribution in [0.3, 0.4) is 0 Å². The molecule has 0 spiro atoms. The molecular weight excluding hydrogens is 332 g/mol. The van der Waals surface area contributed by atoms with Crippen LogP contribution < -0.4 is 10.1 Å². The van der Waals surface area contributed by atoms with Crippen molar-refractivity contribution in [2.24, 2.45) is 0 Å². The topological polar surface area (TPSA) is 38.3 Å². The van der Waals surface area contributed by atoms with Crippen LogP contribution in [0.5, 0.6) is 5.75 Å². The van der Waals surface area contributed by atoms with Gasteiger partial charge in [0.25, 0.3) is 5.91 Å². The van der Waals surface area contributed by atoms with Gasteiger partial charge in [0.05, 0.1) is 11.6 Å². The van der Waals surface area contributed by atoms with Gasteiger partial charge >= 0.3 is 0 Å². The lowest BCUT2D eigenvalue weighted by molar-refractivity contribution is 0.102. The van der Waals surface area contributed by atoms with Crippen molar-refractivity contribution in [2.75, 3.05) is 12.4 Å². The van der Waals surface area contributed by atoms with E-state index in [2.05, 4.69) is 21.2 Å². The molecule has 20 heavy (non-hydrogen) atoms. The van der Waals surface area contributed by atoms with Crippen LogP contribution in [0.25, 0.3) is 0 Å². The van der Waals surface area contributed by atoms with E-state index < -0.39 is 17.5 Å². The average Bonchev–Trinajstić information content (AvgIpc) is 2.42. The molecule has 1 N–H and O–H groups in total. The summed E-state index contributed by atoms with van der Waals surface area (Å²) in [6.45, 7) is 0. The molecule has 0 aliphatic rings. The maximum Gasteiger partial charge on any atom is 0.255 e. The molecule has 2 aromatic carbocycles. The summed E-state index contributed by atoms with van der Waals surface area (Å²) in [5, 5.41) is 2.55. The lowest BCUT2D eigenvalue weighted by Gasteiger charge is -2.07. The lowest BCUT2D eigenvalue weighted by Crippen LogP contribution is -2.12. The molecule has 0 unspecified atom stereocenters. The number of benzene rings is 2. The first kappa shape index (κ1) is 14.5. The van der Waals surface area contributed by atoms with Crippen LogP contribution in [0.2, 0.25) is 0 Å². The van der Waals surface area contributed by atoms with Gasteiger partial charge in [-0.3, -0.25) is 4.79 Å². The minimum atomic E-state index is -0.625. The van der Waals surface area contributed by atoms with Gasteiger partial charge in [0.2, 0.25) is 0 Å². The number of hydrogen-bond acceptors (Lipinski definition) is 2. The van der Waals surface area contributed by atoms with Crippen molar-refractivity contribution in [1.82, 2.24) is 0 Å². The second kappa shape index (κ2) is 6.00. The summed E-state index contributed by atoms with van der Waals surface area (Å²) < 4.78 is 31.6. The summed E-state index contributed by atoms with van der Waals surface area (Å²) in [6.07, 6.45) is 0. The second-order valence-electron chi connectivity index (χ2n) is 3.93. The molecule has 0 aliphatic carbocycles. The number of rotatable bonds is 3. The maximum absolute atomic E-state index is 13.5. The predicted octanol–water partition coefficient (Wildman–Crippen LogP) is 3.99. The van der Waals surface area contributed by atoms with Gasteiger partial charge in [-0.2, -0.15) is 0 Å². The molecule has 3 nitrogen and oxygen atoms in total. The van der Waals surface area contributed by atoms with Crippen LogP contribution in [0.15, 0.2) is 40.9 Å². The normalized spacial score (nSPS) is 10.2. The molecule has 6 heteroatoms. The molecule has 0 aromatic heterocycles. The number of anilines is 1. The first-order valence-corrected chi connectivity index (χ1v) is 6.40. The Kier molecular flexibility index (Phi) is 4.34. The summed E-state index contributed by atoms with van der Waals surface area (Å²) in [4.78, 5) is 11.9. The zero-order valence-electron chi connectivity index (χ0n) is 10.4. The molecule has 104 valence electrons. The summed E-state index contributed by atoms with van der Waals surface area (Å²) in [7, 11) is 1.34. The van der Waals surface area contributed by atoms with Crippen LogP contribution in [0.1, 0.15) is 10.4 Å². The van der Waals surface area contributed by atoms with E-state index >= 15 is 0 Å². The Balaban J connectivity index is 2.19. The fourth-order valence-corrected chi connectivity index (χ4v) is 1.96. The van der Waals surface area contributed by atoms with Crippen molar-refractivity contribution < 1.29 is 18.3 Å². The highest BCUT2D eigenvalue weighted by molar-refractivity contribution is 9.10. The zero-order valence-corrected chi connectivity index (χ0v) is 12.0. The van der Waals surface area contributed by atoms with E-state index in [0.717, 1.165) is 6.07 Å².